The summed E-state index contributed by atoms with van der Waals surface area (Å²) in [5.74, 6) is -0.911. The van der Waals surface area contributed by atoms with E-state index < -0.39 is 21.9 Å². The van der Waals surface area contributed by atoms with E-state index in [1.54, 1.807) is 0 Å². The van der Waals surface area contributed by atoms with Gasteiger partial charge in [-0.05, 0) is 49.6 Å². The van der Waals surface area contributed by atoms with Crippen molar-refractivity contribution in [2.75, 3.05) is 0 Å². The van der Waals surface area contributed by atoms with Crippen LogP contribution < -0.4 is 10.0 Å². The predicted molar refractivity (Wildman–Crippen MR) is 103 cm³/mol. The number of benzene rings is 2. The average Bonchev–Trinajstić information content (AvgIpc) is 2.62. The van der Waals surface area contributed by atoms with Gasteiger partial charge in [-0.2, -0.15) is 4.72 Å². The molecule has 0 aliphatic heterocycles. The van der Waals surface area contributed by atoms with Crippen LogP contribution in [0.25, 0.3) is 0 Å². The third-order valence-corrected chi connectivity index (χ3v) is 5.62. The van der Waals surface area contributed by atoms with Crippen LogP contribution in [0.4, 0.5) is 4.39 Å². The van der Waals surface area contributed by atoms with Gasteiger partial charge in [-0.1, -0.05) is 43.7 Å². The van der Waals surface area contributed by atoms with Crippen molar-refractivity contribution in [1.29, 1.82) is 0 Å². The number of carbonyl (C=O) groups excluding carboxylic acids is 1. The molecule has 2 rings (SSSR count). The molecule has 5 nitrogen and oxygen atoms in total. The summed E-state index contributed by atoms with van der Waals surface area (Å²) in [6.45, 7) is 3.90. The highest BCUT2D eigenvalue weighted by molar-refractivity contribution is 7.89. The van der Waals surface area contributed by atoms with Crippen LogP contribution in [0.1, 0.15) is 32.3 Å². The van der Waals surface area contributed by atoms with Crippen LogP contribution in [-0.4, -0.2) is 26.4 Å². The number of nitrogens with one attached hydrogen (secondary N) is 2. The minimum absolute atomic E-state index is 0.0592. The molecule has 0 radical (unpaired) electrons. The SMILES string of the molecule is CCC[C@H](C)NC(=O)[C@H](Cc1ccccc1)NS(=O)(=O)c1ccc(F)cc1. The Morgan fingerprint density at radius 1 is 1.07 bits per heavy atom. The Morgan fingerprint density at radius 2 is 1.70 bits per heavy atom. The van der Waals surface area contributed by atoms with Gasteiger partial charge in [0.1, 0.15) is 11.9 Å². The smallest absolute Gasteiger partial charge is 0.241 e. The molecule has 0 spiro atoms. The lowest BCUT2D eigenvalue weighted by molar-refractivity contribution is -0.123. The number of amides is 1. The van der Waals surface area contributed by atoms with E-state index in [0.717, 1.165) is 30.5 Å². The Hall–Kier alpha value is -2.25. The predicted octanol–water partition coefficient (Wildman–Crippen LogP) is 3.02. The van der Waals surface area contributed by atoms with Gasteiger partial charge in [-0.15, -0.1) is 0 Å². The Balaban J connectivity index is 2.22. The summed E-state index contributed by atoms with van der Waals surface area (Å²) >= 11 is 0. The van der Waals surface area contributed by atoms with E-state index in [4.69, 9.17) is 0 Å². The van der Waals surface area contributed by atoms with Crippen molar-refractivity contribution in [3.05, 3.63) is 66.0 Å². The fraction of sp³-hybridized carbons (Fsp3) is 0.350. The number of sulfonamides is 1. The second-order valence-corrected chi connectivity index (χ2v) is 8.23. The first-order valence-electron chi connectivity index (χ1n) is 8.94. The number of halogens is 1. The lowest BCUT2D eigenvalue weighted by atomic mass is 10.1. The van der Waals surface area contributed by atoms with Crippen LogP contribution >= 0.6 is 0 Å². The lowest BCUT2D eigenvalue weighted by Gasteiger charge is -2.21. The van der Waals surface area contributed by atoms with Crippen molar-refractivity contribution in [2.45, 2.75) is 50.1 Å². The molecule has 1 amide bonds. The highest BCUT2D eigenvalue weighted by Gasteiger charge is 2.26. The van der Waals surface area contributed by atoms with E-state index in [1.165, 1.54) is 12.1 Å². The number of hydrogen-bond acceptors (Lipinski definition) is 3. The van der Waals surface area contributed by atoms with Crippen LogP contribution in [0.5, 0.6) is 0 Å². The molecule has 0 fully saturated rings. The molecule has 0 bridgehead atoms. The van der Waals surface area contributed by atoms with Crippen LogP contribution in [0, 0.1) is 5.82 Å². The van der Waals surface area contributed by atoms with Crippen LogP contribution in [0.15, 0.2) is 59.5 Å². The lowest BCUT2D eigenvalue weighted by Crippen LogP contribution is -2.50. The first-order chi connectivity index (χ1) is 12.8. The van der Waals surface area contributed by atoms with Gasteiger partial charge >= 0.3 is 0 Å². The van der Waals surface area contributed by atoms with Crippen molar-refractivity contribution in [3.63, 3.8) is 0 Å². The summed E-state index contributed by atoms with van der Waals surface area (Å²) < 4.78 is 40.8. The second kappa shape index (κ2) is 9.62. The molecule has 2 aromatic rings. The van der Waals surface area contributed by atoms with Gasteiger partial charge in [-0.3, -0.25) is 4.79 Å². The quantitative estimate of drug-likeness (QED) is 0.689. The zero-order valence-electron chi connectivity index (χ0n) is 15.5. The summed E-state index contributed by atoms with van der Waals surface area (Å²) in [7, 11) is -3.97. The maximum Gasteiger partial charge on any atom is 0.241 e. The normalized spacial score (nSPS) is 13.7. The average molecular weight is 392 g/mol. The molecule has 0 aliphatic carbocycles. The van der Waals surface area contributed by atoms with Crippen molar-refractivity contribution in [1.82, 2.24) is 10.0 Å². The Labute approximate surface area is 160 Å². The largest absolute Gasteiger partial charge is 0.352 e. The summed E-state index contributed by atoms with van der Waals surface area (Å²) in [4.78, 5) is 12.6. The minimum atomic E-state index is -3.97. The van der Waals surface area contributed by atoms with E-state index >= 15 is 0 Å². The molecule has 0 aromatic heterocycles. The first kappa shape index (κ1) is 21.1. The van der Waals surface area contributed by atoms with Crippen molar-refractivity contribution in [3.8, 4) is 0 Å². The van der Waals surface area contributed by atoms with Gasteiger partial charge in [0, 0.05) is 6.04 Å². The van der Waals surface area contributed by atoms with E-state index in [1.807, 2.05) is 44.2 Å². The number of hydrogen-bond donors (Lipinski definition) is 2. The molecule has 27 heavy (non-hydrogen) atoms. The minimum Gasteiger partial charge on any atom is -0.352 e. The van der Waals surface area contributed by atoms with Gasteiger partial charge in [0.2, 0.25) is 15.9 Å². The van der Waals surface area contributed by atoms with Crippen molar-refractivity contribution < 1.29 is 17.6 Å². The van der Waals surface area contributed by atoms with Crippen LogP contribution in [0.2, 0.25) is 0 Å². The molecular formula is C20H25FN2O3S. The Bertz CT molecular complexity index is 839. The highest BCUT2D eigenvalue weighted by Crippen LogP contribution is 2.12. The highest BCUT2D eigenvalue weighted by atomic mass is 32.2. The maximum atomic E-state index is 13.1. The molecule has 2 N–H and O–H groups in total. The fourth-order valence-electron chi connectivity index (χ4n) is 2.76. The summed E-state index contributed by atoms with van der Waals surface area (Å²) in [6, 6.07) is 12.7. The van der Waals surface area contributed by atoms with Gasteiger partial charge in [0.25, 0.3) is 0 Å². The number of rotatable bonds is 9. The zero-order chi connectivity index (χ0) is 19.9. The monoisotopic (exact) mass is 392 g/mol. The molecular weight excluding hydrogens is 367 g/mol. The van der Waals surface area contributed by atoms with Crippen molar-refractivity contribution in [2.24, 2.45) is 0 Å². The molecule has 2 atom stereocenters. The van der Waals surface area contributed by atoms with E-state index in [0.29, 0.717) is 0 Å². The summed E-state index contributed by atoms with van der Waals surface area (Å²) in [5, 5.41) is 2.86. The van der Waals surface area contributed by atoms with Crippen LogP contribution in [-0.2, 0) is 21.2 Å². The molecule has 0 heterocycles. The third-order valence-electron chi connectivity index (χ3n) is 4.13. The maximum absolute atomic E-state index is 13.1. The third kappa shape index (κ3) is 6.45. The molecule has 7 heteroatoms. The Morgan fingerprint density at radius 3 is 2.30 bits per heavy atom. The van der Waals surface area contributed by atoms with E-state index in [9.17, 15) is 17.6 Å². The van der Waals surface area contributed by atoms with Gasteiger partial charge in [0.15, 0.2) is 0 Å². The number of carbonyl (C=O) groups is 1. The topological polar surface area (TPSA) is 75.3 Å². The molecule has 0 aliphatic rings. The molecule has 146 valence electrons. The molecule has 0 saturated carbocycles. The summed E-state index contributed by atoms with van der Waals surface area (Å²) in [5.41, 5.74) is 0.836. The molecule has 0 saturated heterocycles. The standard InChI is InChI=1S/C20H25FN2O3S/c1-3-7-15(2)22-20(24)19(14-16-8-5-4-6-9-16)23-27(25,26)18-12-10-17(21)11-13-18/h4-6,8-13,15,19,23H,3,7,14H2,1-2H3,(H,22,24)/t15-,19-/m0/s1. The first-order valence-corrected chi connectivity index (χ1v) is 10.4. The van der Waals surface area contributed by atoms with E-state index in [-0.39, 0.29) is 23.3 Å². The van der Waals surface area contributed by atoms with Gasteiger partial charge in [0.05, 0.1) is 4.90 Å². The van der Waals surface area contributed by atoms with Gasteiger partial charge in [-0.25, -0.2) is 12.8 Å². The molecule has 0 unspecified atom stereocenters. The molecule has 2 aromatic carbocycles. The summed E-state index contributed by atoms with van der Waals surface area (Å²) in [6.07, 6.45) is 1.92. The fourth-order valence-corrected chi connectivity index (χ4v) is 3.95. The second-order valence-electron chi connectivity index (χ2n) is 6.52. The van der Waals surface area contributed by atoms with Crippen LogP contribution in [0.3, 0.4) is 0 Å². The zero-order valence-corrected chi connectivity index (χ0v) is 16.3. The van der Waals surface area contributed by atoms with Gasteiger partial charge < -0.3 is 5.32 Å². The van der Waals surface area contributed by atoms with Crippen molar-refractivity contribution >= 4 is 15.9 Å². The Kier molecular flexibility index (Phi) is 7.50. The van der Waals surface area contributed by atoms with E-state index in [2.05, 4.69) is 10.0 Å².